The van der Waals surface area contributed by atoms with Crippen molar-refractivity contribution in [1.82, 2.24) is 0 Å². The van der Waals surface area contributed by atoms with Crippen LogP contribution in [-0.2, 0) is 9.47 Å². The second-order valence-corrected chi connectivity index (χ2v) is 4.35. The monoisotopic (exact) mass is 256 g/mol. The number of benzene rings is 2. The zero-order valence-electron chi connectivity index (χ0n) is 11.5. The van der Waals surface area contributed by atoms with Crippen molar-refractivity contribution < 1.29 is 9.47 Å². The van der Waals surface area contributed by atoms with Crippen molar-refractivity contribution in [3.05, 3.63) is 60.2 Å². The summed E-state index contributed by atoms with van der Waals surface area (Å²) in [5, 5.41) is 0. The molecule has 0 heterocycles. The minimum atomic E-state index is -0.0218. The van der Waals surface area contributed by atoms with Crippen LogP contribution in [0.3, 0.4) is 0 Å². The van der Waals surface area contributed by atoms with Crippen LogP contribution >= 0.6 is 0 Å². The standard InChI is InChI=1S/C17H20O2/c1-3-19-17(13-18-2)16-12-8-7-11-15(16)14-9-5-4-6-10-14/h4-12,17H,3,13H2,1-2H3. The fourth-order valence-electron chi connectivity index (χ4n) is 2.24. The van der Waals surface area contributed by atoms with E-state index in [4.69, 9.17) is 9.47 Å². The average molecular weight is 256 g/mol. The molecule has 2 aromatic rings. The zero-order chi connectivity index (χ0) is 13.5. The highest BCUT2D eigenvalue weighted by Crippen LogP contribution is 2.30. The predicted octanol–water partition coefficient (Wildman–Crippen LogP) is 4.08. The van der Waals surface area contributed by atoms with Crippen molar-refractivity contribution in [2.45, 2.75) is 13.0 Å². The van der Waals surface area contributed by atoms with Gasteiger partial charge < -0.3 is 9.47 Å². The summed E-state index contributed by atoms with van der Waals surface area (Å²) >= 11 is 0. The van der Waals surface area contributed by atoms with Crippen LogP contribution in [0.25, 0.3) is 11.1 Å². The first-order valence-corrected chi connectivity index (χ1v) is 6.61. The summed E-state index contributed by atoms with van der Waals surface area (Å²) in [5.74, 6) is 0. The van der Waals surface area contributed by atoms with E-state index in [2.05, 4.69) is 42.5 Å². The molecule has 0 bridgehead atoms. The smallest absolute Gasteiger partial charge is 0.106 e. The van der Waals surface area contributed by atoms with Crippen molar-refractivity contribution in [3.8, 4) is 11.1 Å². The van der Waals surface area contributed by atoms with Gasteiger partial charge in [0.15, 0.2) is 0 Å². The van der Waals surface area contributed by atoms with E-state index in [-0.39, 0.29) is 6.10 Å². The molecule has 0 aliphatic rings. The third-order valence-corrected chi connectivity index (χ3v) is 3.08. The molecule has 0 aromatic heterocycles. The van der Waals surface area contributed by atoms with Gasteiger partial charge in [-0.1, -0.05) is 54.6 Å². The maximum atomic E-state index is 5.81. The normalized spacial score (nSPS) is 12.3. The van der Waals surface area contributed by atoms with Gasteiger partial charge in [-0.2, -0.15) is 0 Å². The lowest BCUT2D eigenvalue weighted by atomic mass is 9.96. The number of hydrogen-bond donors (Lipinski definition) is 0. The van der Waals surface area contributed by atoms with Gasteiger partial charge in [0.05, 0.1) is 6.61 Å². The van der Waals surface area contributed by atoms with E-state index in [9.17, 15) is 0 Å². The molecule has 2 nitrogen and oxygen atoms in total. The van der Waals surface area contributed by atoms with Gasteiger partial charge >= 0.3 is 0 Å². The summed E-state index contributed by atoms with van der Waals surface area (Å²) in [5.41, 5.74) is 3.59. The molecule has 2 heteroatoms. The summed E-state index contributed by atoms with van der Waals surface area (Å²) < 4.78 is 11.1. The molecule has 0 saturated heterocycles. The number of rotatable bonds is 6. The van der Waals surface area contributed by atoms with Crippen LogP contribution in [0.1, 0.15) is 18.6 Å². The largest absolute Gasteiger partial charge is 0.382 e. The molecule has 100 valence electrons. The topological polar surface area (TPSA) is 18.5 Å². The fraction of sp³-hybridized carbons (Fsp3) is 0.294. The van der Waals surface area contributed by atoms with Crippen LogP contribution in [0.2, 0.25) is 0 Å². The molecule has 1 atom stereocenters. The van der Waals surface area contributed by atoms with Crippen LogP contribution in [0.4, 0.5) is 0 Å². The maximum absolute atomic E-state index is 5.81. The Balaban J connectivity index is 2.40. The van der Waals surface area contributed by atoms with Crippen LogP contribution in [0.5, 0.6) is 0 Å². The summed E-state index contributed by atoms with van der Waals surface area (Å²) in [6, 6.07) is 18.7. The van der Waals surface area contributed by atoms with Crippen LogP contribution < -0.4 is 0 Å². The number of methoxy groups -OCH3 is 1. The Bertz CT molecular complexity index is 488. The second-order valence-electron chi connectivity index (χ2n) is 4.35. The molecular formula is C17H20O2. The minimum Gasteiger partial charge on any atom is -0.382 e. The summed E-state index contributed by atoms with van der Waals surface area (Å²) in [7, 11) is 1.71. The van der Waals surface area contributed by atoms with Crippen molar-refractivity contribution in [1.29, 1.82) is 0 Å². The van der Waals surface area contributed by atoms with E-state index >= 15 is 0 Å². The Kier molecular flexibility index (Phi) is 5.13. The first kappa shape index (κ1) is 13.8. The summed E-state index contributed by atoms with van der Waals surface area (Å²) in [6.45, 7) is 3.25. The molecule has 0 saturated carbocycles. The lowest BCUT2D eigenvalue weighted by Crippen LogP contribution is -2.11. The van der Waals surface area contributed by atoms with E-state index in [1.807, 2.05) is 19.1 Å². The van der Waals surface area contributed by atoms with E-state index in [1.165, 1.54) is 16.7 Å². The Morgan fingerprint density at radius 2 is 1.63 bits per heavy atom. The highest BCUT2D eigenvalue weighted by molar-refractivity contribution is 5.67. The molecular weight excluding hydrogens is 236 g/mol. The third kappa shape index (κ3) is 3.43. The third-order valence-electron chi connectivity index (χ3n) is 3.08. The van der Waals surface area contributed by atoms with E-state index in [0.717, 1.165) is 0 Å². The van der Waals surface area contributed by atoms with Gasteiger partial charge in [-0.25, -0.2) is 0 Å². The van der Waals surface area contributed by atoms with Gasteiger partial charge in [-0.05, 0) is 23.6 Å². The van der Waals surface area contributed by atoms with Gasteiger partial charge in [0.1, 0.15) is 6.10 Å². The van der Waals surface area contributed by atoms with Crippen molar-refractivity contribution in [2.24, 2.45) is 0 Å². The highest BCUT2D eigenvalue weighted by atomic mass is 16.5. The Hall–Kier alpha value is -1.64. The molecule has 2 aromatic carbocycles. The quantitative estimate of drug-likeness (QED) is 0.775. The van der Waals surface area contributed by atoms with E-state index in [1.54, 1.807) is 7.11 Å². The minimum absolute atomic E-state index is 0.0218. The summed E-state index contributed by atoms with van der Waals surface area (Å²) in [4.78, 5) is 0. The van der Waals surface area contributed by atoms with E-state index in [0.29, 0.717) is 13.2 Å². The van der Waals surface area contributed by atoms with Gasteiger partial charge in [-0.15, -0.1) is 0 Å². The first-order valence-electron chi connectivity index (χ1n) is 6.61. The first-order chi connectivity index (χ1) is 9.36. The van der Waals surface area contributed by atoms with Crippen LogP contribution in [0, 0.1) is 0 Å². The second kappa shape index (κ2) is 7.07. The average Bonchev–Trinajstić information content (AvgIpc) is 2.48. The van der Waals surface area contributed by atoms with Gasteiger partial charge in [0.25, 0.3) is 0 Å². The molecule has 0 radical (unpaired) electrons. The number of hydrogen-bond acceptors (Lipinski definition) is 2. The zero-order valence-corrected chi connectivity index (χ0v) is 11.5. The molecule has 0 amide bonds. The maximum Gasteiger partial charge on any atom is 0.106 e. The molecule has 1 unspecified atom stereocenters. The predicted molar refractivity (Wildman–Crippen MR) is 78.1 cm³/mol. The Labute approximate surface area is 115 Å². The van der Waals surface area contributed by atoms with Crippen LogP contribution in [0.15, 0.2) is 54.6 Å². The van der Waals surface area contributed by atoms with Crippen molar-refractivity contribution >= 4 is 0 Å². The molecule has 0 aliphatic heterocycles. The van der Waals surface area contributed by atoms with Crippen LogP contribution in [-0.4, -0.2) is 20.3 Å². The Morgan fingerprint density at radius 1 is 0.947 bits per heavy atom. The number of ether oxygens (including phenoxy) is 2. The highest BCUT2D eigenvalue weighted by Gasteiger charge is 2.15. The van der Waals surface area contributed by atoms with E-state index < -0.39 is 0 Å². The molecule has 0 spiro atoms. The lowest BCUT2D eigenvalue weighted by molar-refractivity contribution is 0.00311. The molecule has 0 aliphatic carbocycles. The fourth-order valence-corrected chi connectivity index (χ4v) is 2.24. The summed E-state index contributed by atoms with van der Waals surface area (Å²) in [6.07, 6.45) is -0.0218. The molecule has 0 fully saturated rings. The van der Waals surface area contributed by atoms with Crippen molar-refractivity contribution in [3.63, 3.8) is 0 Å². The molecule has 19 heavy (non-hydrogen) atoms. The van der Waals surface area contributed by atoms with Gasteiger partial charge in [-0.3, -0.25) is 0 Å². The molecule has 0 N–H and O–H groups in total. The van der Waals surface area contributed by atoms with Crippen molar-refractivity contribution in [2.75, 3.05) is 20.3 Å². The lowest BCUT2D eigenvalue weighted by Gasteiger charge is -2.20. The van der Waals surface area contributed by atoms with Gasteiger partial charge in [0, 0.05) is 13.7 Å². The van der Waals surface area contributed by atoms with Gasteiger partial charge in [0.2, 0.25) is 0 Å². The molecule has 2 rings (SSSR count). The SMILES string of the molecule is CCOC(COC)c1ccccc1-c1ccccc1. The Morgan fingerprint density at radius 3 is 2.32 bits per heavy atom.